The topological polar surface area (TPSA) is 64.4 Å². The number of carbonyl (C=O) groups is 1. The van der Waals surface area contributed by atoms with Crippen LogP contribution in [0.2, 0.25) is 0 Å². The molecule has 0 saturated carbocycles. The molecule has 1 amide bonds. The van der Waals surface area contributed by atoms with Crippen LogP contribution in [0.25, 0.3) is 0 Å². The van der Waals surface area contributed by atoms with E-state index in [-0.39, 0.29) is 11.8 Å². The van der Waals surface area contributed by atoms with Crippen LogP contribution in [0.5, 0.6) is 5.75 Å². The molecule has 0 aliphatic rings. The van der Waals surface area contributed by atoms with E-state index in [1.807, 2.05) is 25.1 Å². The van der Waals surface area contributed by atoms with Gasteiger partial charge in [-0.15, -0.1) is 0 Å². The van der Waals surface area contributed by atoms with Crippen molar-refractivity contribution in [3.05, 3.63) is 28.2 Å². The monoisotopic (exact) mass is 328 g/mol. The smallest absolute Gasteiger partial charge is 0.224 e. The first-order valence-corrected chi connectivity index (χ1v) is 7.21. The summed E-state index contributed by atoms with van der Waals surface area (Å²) in [5.41, 5.74) is 6.68. The number of methoxy groups -OCH3 is 1. The minimum absolute atomic E-state index is 0.0394. The van der Waals surface area contributed by atoms with Gasteiger partial charge in [0, 0.05) is 19.0 Å². The van der Waals surface area contributed by atoms with Gasteiger partial charge in [-0.1, -0.05) is 13.0 Å². The zero-order valence-electron chi connectivity index (χ0n) is 11.4. The number of carbonyl (C=O) groups excluding carboxylic acids is 1. The molecule has 0 radical (unpaired) electrons. The Labute approximate surface area is 122 Å². The number of ether oxygens (including phenoxy) is 1. The first kappa shape index (κ1) is 16.0. The molecule has 0 aliphatic carbocycles. The number of nitrogens with two attached hydrogens (primary N) is 1. The fourth-order valence-electron chi connectivity index (χ4n) is 1.80. The van der Waals surface area contributed by atoms with Crippen molar-refractivity contribution in [3.8, 4) is 5.75 Å². The van der Waals surface area contributed by atoms with Gasteiger partial charge in [0.2, 0.25) is 5.91 Å². The maximum absolute atomic E-state index is 11.7. The Kier molecular flexibility index (Phi) is 6.87. The average molecular weight is 329 g/mol. The van der Waals surface area contributed by atoms with E-state index in [0.29, 0.717) is 13.1 Å². The van der Waals surface area contributed by atoms with Crippen molar-refractivity contribution in [1.29, 1.82) is 0 Å². The van der Waals surface area contributed by atoms with Crippen molar-refractivity contribution in [2.45, 2.75) is 19.8 Å². The summed E-state index contributed by atoms with van der Waals surface area (Å²) < 4.78 is 6.10. The lowest BCUT2D eigenvalue weighted by Gasteiger charge is -2.12. The van der Waals surface area contributed by atoms with E-state index in [4.69, 9.17) is 10.5 Å². The number of rotatable bonds is 7. The van der Waals surface area contributed by atoms with Gasteiger partial charge >= 0.3 is 0 Å². The quantitative estimate of drug-likeness (QED) is 0.805. The number of hydrogen-bond acceptors (Lipinski definition) is 3. The molecule has 3 N–H and O–H groups in total. The molecule has 0 heterocycles. The van der Waals surface area contributed by atoms with Gasteiger partial charge in [0.05, 0.1) is 11.6 Å². The number of halogens is 1. The zero-order chi connectivity index (χ0) is 14.3. The summed E-state index contributed by atoms with van der Waals surface area (Å²) in [6.45, 7) is 2.99. The van der Waals surface area contributed by atoms with E-state index < -0.39 is 0 Å². The summed E-state index contributed by atoms with van der Waals surface area (Å²) >= 11 is 3.44. The Bertz CT molecular complexity index is 420. The average Bonchev–Trinajstić information content (AvgIpc) is 2.40. The molecule has 0 bridgehead atoms. The minimum Gasteiger partial charge on any atom is -0.496 e. The van der Waals surface area contributed by atoms with Crippen LogP contribution in [0.1, 0.15) is 18.9 Å². The molecule has 106 valence electrons. The van der Waals surface area contributed by atoms with Crippen molar-refractivity contribution >= 4 is 21.8 Å². The lowest BCUT2D eigenvalue weighted by atomic mass is 10.1. The number of hydrogen-bond donors (Lipinski definition) is 2. The van der Waals surface area contributed by atoms with Gasteiger partial charge in [-0.25, -0.2) is 0 Å². The van der Waals surface area contributed by atoms with Crippen LogP contribution in [0.3, 0.4) is 0 Å². The molecule has 0 spiro atoms. The highest BCUT2D eigenvalue weighted by Crippen LogP contribution is 2.25. The van der Waals surface area contributed by atoms with Crippen molar-refractivity contribution < 1.29 is 9.53 Å². The molecule has 0 fully saturated rings. The Balaban J connectivity index is 2.45. The summed E-state index contributed by atoms with van der Waals surface area (Å²) in [5.74, 6) is 0.766. The van der Waals surface area contributed by atoms with E-state index in [1.54, 1.807) is 7.11 Å². The zero-order valence-corrected chi connectivity index (χ0v) is 13.0. The van der Waals surface area contributed by atoms with Gasteiger partial charge in [-0.3, -0.25) is 4.79 Å². The van der Waals surface area contributed by atoms with Gasteiger partial charge in [0.1, 0.15) is 5.75 Å². The van der Waals surface area contributed by atoms with E-state index in [9.17, 15) is 4.79 Å². The molecule has 1 aromatic carbocycles. The minimum atomic E-state index is -0.0809. The van der Waals surface area contributed by atoms with E-state index >= 15 is 0 Å². The molecular weight excluding hydrogens is 308 g/mol. The lowest BCUT2D eigenvalue weighted by molar-refractivity contribution is -0.124. The highest BCUT2D eigenvalue weighted by Gasteiger charge is 2.13. The third kappa shape index (κ3) is 4.84. The molecule has 1 atom stereocenters. The maximum atomic E-state index is 11.7. The lowest BCUT2D eigenvalue weighted by Crippen LogP contribution is -2.35. The SMILES string of the molecule is CCC(CN)C(=O)NCCc1ccc(OC)c(Br)c1. The predicted octanol–water partition coefficient (Wildman–Crippen LogP) is 2.10. The predicted molar refractivity (Wildman–Crippen MR) is 80.2 cm³/mol. The second-order valence-corrected chi connectivity index (χ2v) is 5.21. The third-order valence-corrected chi connectivity index (χ3v) is 3.70. The molecule has 4 nitrogen and oxygen atoms in total. The fraction of sp³-hybridized carbons (Fsp3) is 0.500. The van der Waals surface area contributed by atoms with E-state index in [2.05, 4.69) is 21.2 Å². The summed E-state index contributed by atoms with van der Waals surface area (Å²) in [4.78, 5) is 11.7. The molecular formula is C14H21BrN2O2. The van der Waals surface area contributed by atoms with Crippen molar-refractivity contribution in [2.24, 2.45) is 11.7 Å². The Morgan fingerprint density at radius 1 is 1.53 bits per heavy atom. The van der Waals surface area contributed by atoms with Gasteiger partial charge in [0.25, 0.3) is 0 Å². The van der Waals surface area contributed by atoms with E-state index in [0.717, 1.165) is 28.6 Å². The maximum Gasteiger partial charge on any atom is 0.224 e. The summed E-state index contributed by atoms with van der Waals surface area (Å²) in [6, 6.07) is 5.91. The normalized spacial score (nSPS) is 12.0. The first-order valence-electron chi connectivity index (χ1n) is 6.42. The fourth-order valence-corrected chi connectivity index (χ4v) is 2.39. The van der Waals surface area contributed by atoms with Crippen LogP contribution in [0, 0.1) is 5.92 Å². The summed E-state index contributed by atoms with van der Waals surface area (Å²) in [5, 5.41) is 2.92. The van der Waals surface area contributed by atoms with Crippen LogP contribution in [-0.2, 0) is 11.2 Å². The van der Waals surface area contributed by atoms with Crippen molar-refractivity contribution in [2.75, 3.05) is 20.2 Å². The summed E-state index contributed by atoms with van der Waals surface area (Å²) in [7, 11) is 1.64. The van der Waals surface area contributed by atoms with Crippen LogP contribution >= 0.6 is 15.9 Å². The van der Waals surface area contributed by atoms with Gasteiger partial charge in [-0.2, -0.15) is 0 Å². The Morgan fingerprint density at radius 2 is 2.26 bits per heavy atom. The molecule has 1 rings (SSSR count). The molecule has 0 saturated heterocycles. The molecule has 19 heavy (non-hydrogen) atoms. The van der Waals surface area contributed by atoms with Crippen LogP contribution in [-0.4, -0.2) is 26.1 Å². The van der Waals surface area contributed by atoms with Crippen molar-refractivity contribution in [1.82, 2.24) is 5.32 Å². The number of amides is 1. The molecule has 5 heteroatoms. The largest absolute Gasteiger partial charge is 0.496 e. The second kappa shape index (κ2) is 8.17. The first-order chi connectivity index (χ1) is 9.12. The van der Waals surface area contributed by atoms with E-state index in [1.165, 1.54) is 0 Å². The molecule has 1 aromatic rings. The standard InChI is InChI=1S/C14H21BrN2O2/c1-3-11(9-16)14(18)17-7-6-10-4-5-13(19-2)12(15)8-10/h4-5,8,11H,3,6-7,9,16H2,1-2H3,(H,17,18). The van der Waals surface area contributed by atoms with Gasteiger partial charge in [0.15, 0.2) is 0 Å². The van der Waals surface area contributed by atoms with Crippen LogP contribution < -0.4 is 15.8 Å². The molecule has 0 aromatic heterocycles. The highest BCUT2D eigenvalue weighted by molar-refractivity contribution is 9.10. The Hall–Kier alpha value is -1.07. The molecule has 1 unspecified atom stereocenters. The van der Waals surface area contributed by atoms with Crippen LogP contribution in [0.15, 0.2) is 22.7 Å². The third-order valence-electron chi connectivity index (χ3n) is 3.08. The Morgan fingerprint density at radius 3 is 2.79 bits per heavy atom. The number of nitrogens with one attached hydrogen (secondary N) is 1. The second-order valence-electron chi connectivity index (χ2n) is 4.35. The van der Waals surface area contributed by atoms with Gasteiger partial charge in [-0.05, 0) is 46.5 Å². The molecule has 0 aliphatic heterocycles. The highest BCUT2D eigenvalue weighted by atomic mass is 79.9. The van der Waals surface area contributed by atoms with Crippen molar-refractivity contribution in [3.63, 3.8) is 0 Å². The van der Waals surface area contributed by atoms with Gasteiger partial charge < -0.3 is 15.8 Å². The number of benzene rings is 1. The summed E-state index contributed by atoms with van der Waals surface area (Å²) in [6.07, 6.45) is 1.56. The van der Waals surface area contributed by atoms with Crippen LogP contribution in [0.4, 0.5) is 0 Å².